The minimum absolute atomic E-state index is 0. The maximum absolute atomic E-state index is 0. The summed E-state index contributed by atoms with van der Waals surface area (Å²) in [6.07, 6.45) is 0. The molecule has 0 unspecified atom stereocenters. The molecule has 0 nitrogen and oxygen atoms in total. The van der Waals surface area contributed by atoms with Crippen molar-refractivity contribution in [2.75, 3.05) is 0 Å². The molecule has 0 rings (SSSR count). The largest absolute Gasteiger partial charge is 3.00 e. The fraction of sp³-hybridized carbons (Fsp3) is 0. The summed E-state index contributed by atoms with van der Waals surface area (Å²) in [6, 6.07) is 0. The first-order valence-corrected chi connectivity index (χ1v) is 0. The molecule has 0 saturated heterocycles. The van der Waals surface area contributed by atoms with Crippen LogP contribution in [0.25, 0.3) is 0 Å². The first-order valence-electron chi connectivity index (χ1n) is 0. The Morgan fingerprint density at radius 3 is 0.333 bits per heavy atom. The summed E-state index contributed by atoms with van der Waals surface area (Å²) in [7, 11) is 0. The third-order valence-electron chi connectivity index (χ3n) is 0. The van der Waals surface area contributed by atoms with E-state index in [1.807, 2.05) is 0 Å². The summed E-state index contributed by atoms with van der Waals surface area (Å²) in [4.78, 5) is 0. The van der Waals surface area contributed by atoms with Crippen LogP contribution in [0.4, 0.5) is 0 Å². The molecule has 6 radical (unpaired) electrons. The van der Waals surface area contributed by atoms with Crippen LogP contribution >= 0.6 is 0 Å². The normalized spacial score (nSPS) is 0. The van der Waals surface area contributed by atoms with Gasteiger partial charge in [0.2, 0.25) is 0 Å². The molecule has 0 aliphatic carbocycles. The fourth-order valence-electron chi connectivity index (χ4n) is 0. The maximum atomic E-state index is 0. The SMILES string of the molecule is [Bi+3].[Bi+3].[Cu+2].[Cu+2].[S-2].[S-2].[S-2].[S-2].[S-2]. The summed E-state index contributed by atoms with van der Waals surface area (Å²) in [5.74, 6) is 0. The Morgan fingerprint density at radius 2 is 0.333 bits per heavy atom. The van der Waals surface area contributed by atoms with Gasteiger partial charge < -0.3 is 67.5 Å². The zero-order chi connectivity index (χ0) is 0. The van der Waals surface area contributed by atoms with Gasteiger partial charge in [0.25, 0.3) is 0 Å². The molecule has 0 aromatic carbocycles. The molecule has 0 spiro atoms. The molecule has 9 heavy (non-hydrogen) atoms. The standard InChI is InChI=1S/2Bi.2Cu.5S/q2*+3;2*+2;5*-2. The minimum atomic E-state index is 0. The quantitative estimate of drug-likeness (QED) is 0.291. The van der Waals surface area contributed by atoms with Gasteiger partial charge in [-0.2, -0.15) is 0 Å². The Hall–Kier alpha value is 4.56. The van der Waals surface area contributed by atoms with Gasteiger partial charge in [-0.15, -0.1) is 0 Å². The molecule has 0 amide bonds. The van der Waals surface area contributed by atoms with Crippen molar-refractivity contribution in [2.24, 2.45) is 0 Å². The molecule has 0 aliphatic rings. The minimum Gasteiger partial charge on any atom is -2.00 e. The van der Waals surface area contributed by atoms with Crippen molar-refractivity contribution in [1.29, 1.82) is 0 Å². The van der Waals surface area contributed by atoms with E-state index in [0.29, 0.717) is 0 Å². The van der Waals surface area contributed by atoms with Crippen LogP contribution in [0.15, 0.2) is 0 Å². The van der Waals surface area contributed by atoms with Crippen LogP contribution in [0.5, 0.6) is 0 Å². The van der Waals surface area contributed by atoms with Gasteiger partial charge in [0.15, 0.2) is 0 Å². The fourth-order valence-corrected chi connectivity index (χ4v) is 0. The summed E-state index contributed by atoms with van der Waals surface area (Å²) >= 11 is 0. The van der Waals surface area contributed by atoms with Gasteiger partial charge in [0, 0.05) is 0 Å². The van der Waals surface area contributed by atoms with E-state index < -0.39 is 0 Å². The van der Waals surface area contributed by atoms with Crippen molar-refractivity contribution < 1.29 is 34.1 Å². The van der Waals surface area contributed by atoms with Gasteiger partial charge in [-0.3, -0.25) is 0 Å². The van der Waals surface area contributed by atoms with Crippen molar-refractivity contribution in [3.63, 3.8) is 0 Å². The first-order chi connectivity index (χ1) is 0. The summed E-state index contributed by atoms with van der Waals surface area (Å²) in [6.45, 7) is 0. The maximum Gasteiger partial charge on any atom is 3.00 e. The average molecular weight is 705 g/mol. The zero-order valence-corrected chi connectivity index (χ0v) is 16.5. The third kappa shape index (κ3) is 67.4. The molecule has 0 aliphatic heterocycles. The van der Waals surface area contributed by atoms with Crippen molar-refractivity contribution in [3.8, 4) is 0 Å². The Labute approximate surface area is 151 Å². The molecule has 0 aromatic heterocycles. The van der Waals surface area contributed by atoms with Crippen molar-refractivity contribution in [2.45, 2.75) is 0 Å². The van der Waals surface area contributed by atoms with Crippen LogP contribution in [0.2, 0.25) is 0 Å². The topological polar surface area (TPSA) is 0 Å². The van der Waals surface area contributed by atoms with E-state index >= 15 is 0 Å². The Bertz CT molecular complexity index is 12.9. The number of rotatable bonds is 0. The van der Waals surface area contributed by atoms with Crippen LogP contribution in [0, 0.1) is 0 Å². The number of hydrogen-bond acceptors (Lipinski definition) is 0. The predicted molar refractivity (Wildman–Crippen MR) is 48.3 cm³/mol. The molecule has 9 heteroatoms. The van der Waals surface area contributed by atoms with Gasteiger partial charge in [-0.25, -0.2) is 0 Å². The van der Waals surface area contributed by atoms with Gasteiger partial charge in [-0.1, -0.05) is 0 Å². The molecule has 0 bridgehead atoms. The van der Waals surface area contributed by atoms with E-state index in [1.165, 1.54) is 0 Å². The third-order valence-corrected chi connectivity index (χ3v) is 0. The molecule has 62 valence electrons. The van der Waals surface area contributed by atoms with Crippen molar-refractivity contribution in [3.05, 3.63) is 0 Å². The van der Waals surface area contributed by atoms with Crippen LogP contribution < -0.4 is 0 Å². The van der Waals surface area contributed by atoms with E-state index in [2.05, 4.69) is 0 Å². The molecule has 0 atom stereocenters. The molecule has 0 saturated carbocycles. The molecule has 0 aromatic rings. The van der Waals surface area contributed by atoms with Crippen molar-refractivity contribution in [1.82, 2.24) is 0 Å². The second-order valence-corrected chi connectivity index (χ2v) is 0. The van der Waals surface area contributed by atoms with Gasteiger partial charge >= 0.3 is 86.5 Å². The Kier molecular flexibility index (Phi) is 924. The summed E-state index contributed by atoms with van der Waals surface area (Å²) in [5.41, 5.74) is 0. The summed E-state index contributed by atoms with van der Waals surface area (Å²) in [5, 5.41) is 0. The summed E-state index contributed by atoms with van der Waals surface area (Å²) < 4.78 is 0. The molecule has 0 heterocycles. The van der Waals surface area contributed by atoms with Crippen LogP contribution in [0.3, 0.4) is 0 Å². The van der Waals surface area contributed by atoms with E-state index in [4.69, 9.17) is 0 Å². The average Bonchev–Trinajstić information content (AvgIpc) is 0. The van der Waals surface area contributed by atoms with Crippen LogP contribution in [0.1, 0.15) is 0 Å². The predicted octanol–water partition coefficient (Wildman–Crippen LogP) is -0.779. The van der Waals surface area contributed by atoms with E-state index in [9.17, 15) is 0 Å². The second-order valence-electron chi connectivity index (χ2n) is 0. The molecule has 0 fully saturated rings. The smallest absolute Gasteiger partial charge is 2.00 e. The molecule has 0 N–H and O–H groups in total. The van der Waals surface area contributed by atoms with Crippen LogP contribution in [-0.4, -0.2) is 52.4 Å². The zero-order valence-electron chi connectivity index (χ0n) is 3.54. The number of hydrogen-bond donors (Lipinski definition) is 0. The van der Waals surface area contributed by atoms with E-state index in [1.54, 1.807) is 0 Å². The molecular formula is Bi2Cu2S5. The van der Waals surface area contributed by atoms with Gasteiger partial charge in [-0.05, 0) is 0 Å². The van der Waals surface area contributed by atoms with E-state index in [-0.39, 0.29) is 154 Å². The second kappa shape index (κ2) is 80.8. The monoisotopic (exact) mass is 704 g/mol. The van der Waals surface area contributed by atoms with Crippen LogP contribution in [-0.2, 0) is 102 Å². The van der Waals surface area contributed by atoms with Gasteiger partial charge in [0.1, 0.15) is 0 Å². The Morgan fingerprint density at radius 1 is 0.333 bits per heavy atom. The van der Waals surface area contributed by atoms with E-state index in [0.717, 1.165) is 0 Å². The first kappa shape index (κ1) is 103. The Balaban J connectivity index is 0. The van der Waals surface area contributed by atoms with Crippen molar-refractivity contribution >= 4 is 120 Å². The molecular weight excluding hydrogens is 705 g/mol. The van der Waals surface area contributed by atoms with Gasteiger partial charge in [0.05, 0.1) is 0 Å².